The molecule has 2 rings (SSSR count). The highest BCUT2D eigenvalue weighted by Gasteiger charge is 2.10. The lowest BCUT2D eigenvalue weighted by Crippen LogP contribution is -2.06. The van der Waals surface area contributed by atoms with Crippen molar-refractivity contribution in [3.05, 3.63) is 30.0 Å². The van der Waals surface area contributed by atoms with Gasteiger partial charge < -0.3 is 5.73 Å². The number of anilines is 1. The van der Waals surface area contributed by atoms with E-state index in [9.17, 15) is 4.39 Å². The van der Waals surface area contributed by atoms with Crippen LogP contribution in [-0.4, -0.2) is 19.9 Å². The quantitative estimate of drug-likeness (QED) is 0.855. The summed E-state index contributed by atoms with van der Waals surface area (Å²) >= 11 is 0. The van der Waals surface area contributed by atoms with Crippen molar-refractivity contribution in [3.63, 3.8) is 0 Å². The number of hydrogen-bond acceptors (Lipinski definition) is 5. The van der Waals surface area contributed by atoms with E-state index in [2.05, 4.69) is 19.9 Å². The van der Waals surface area contributed by atoms with Crippen LogP contribution >= 0.6 is 0 Å². The Hall–Kier alpha value is -2.11. The summed E-state index contributed by atoms with van der Waals surface area (Å²) in [5.74, 6) is 0.837. The molecule has 0 aliphatic carbocycles. The molecule has 0 fully saturated rings. The largest absolute Gasteiger partial charge is 0.368 e. The first-order chi connectivity index (χ1) is 8.06. The number of hydrogen-bond donors (Lipinski definition) is 1. The Labute approximate surface area is 98.0 Å². The number of rotatable bonds is 2. The predicted molar refractivity (Wildman–Crippen MR) is 61.5 cm³/mol. The van der Waals surface area contributed by atoms with Crippen LogP contribution in [0.3, 0.4) is 0 Å². The fourth-order valence-corrected chi connectivity index (χ4v) is 1.29. The fraction of sp³-hybridized carbons (Fsp3) is 0.273. The number of nitrogens with two attached hydrogens (primary N) is 1. The highest BCUT2D eigenvalue weighted by atomic mass is 19.1. The molecular formula is C11H12FN5. The summed E-state index contributed by atoms with van der Waals surface area (Å²) in [6, 6.07) is 2.81. The van der Waals surface area contributed by atoms with Gasteiger partial charge in [-0.2, -0.15) is 9.97 Å². The summed E-state index contributed by atoms with van der Waals surface area (Å²) in [7, 11) is 0. The maximum absolute atomic E-state index is 12.7. The second-order valence-electron chi connectivity index (χ2n) is 3.89. The third kappa shape index (κ3) is 2.52. The van der Waals surface area contributed by atoms with Gasteiger partial charge in [0.15, 0.2) is 5.82 Å². The van der Waals surface area contributed by atoms with E-state index in [1.165, 1.54) is 12.1 Å². The molecule has 0 unspecified atom stereocenters. The average molecular weight is 233 g/mol. The van der Waals surface area contributed by atoms with E-state index in [4.69, 9.17) is 5.73 Å². The topological polar surface area (TPSA) is 77.6 Å². The van der Waals surface area contributed by atoms with E-state index in [0.717, 1.165) is 6.20 Å². The third-order valence-electron chi connectivity index (χ3n) is 2.14. The standard InChI is InChI=1S/C11H12FN5/c1-6(2)9-15-10(17-11(13)16-9)8-4-3-7(12)5-14-8/h3-6H,1-2H3,(H2,13,15,16,17). The molecule has 0 bridgehead atoms. The SMILES string of the molecule is CC(C)c1nc(N)nc(-c2ccc(F)cn2)n1. The van der Waals surface area contributed by atoms with E-state index < -0.39 is 5.82 Å². The number of pyridine rings is 1. The first-order valence-corrected chi connectivity index (χ1v) is 5.19. The molecule has 0 amide bonds. The minimum atomic E-state index is -0.403. The number of nitrogen functional groups attached to an aromatic ring is 1. The summed E-state index contributed by atoms with van der Waals surface area (Å²) < 4.78 is 12.7. The zero-order valence-corrected chi connectivity index (χ0v) is 9.55. The van der Waals surface area contributed by atoms with Crippen LogP contribution < -0.4 is 5.73 Å². The van der Waals surface area contributed by atoms with Gasteiger partial charge in [-0.3, -0.25) is 0 Å². The first-order valence-electron chi connectivity index (χ1n) is 5.19. The molecule has 0 saturated heterocycles. The summed E-state index contributed by atoms with van der Waals surface area (Å²) in [4.78, 5) is 16.2. The molecule has 2 aromatic heterocycles. The Morgan fingerprint density at radius 2 is 1.94 bits per heavy atom. The van der Waals surface area contributed by atoms with E-state index in [-0.39, 0.29) is 11.9 Å². The summed E-state index contributed by atoms with van der Waals surface area (Å²) in [5.41, 5.74) is 6.07. The predicted octanol–water partition coefficient (Wildman–Crippen LogP) is 1.78. The lowest BCUT2D eigenvalue weighted by Gasteiger charge is -2.06. The fourth-order valence-electron chi connectivity index (χ4n) is 1.29. The van der Waals surface area contributed by atoms with Gasteiger partial charge in [0.25, 0.3) is 0 Å². The van der Waals surface area contributed by atoms with E-state index in [1.54, 1.807) is 0 Å². The highest BCUT2D eigenvalue weighted by Crippen LogP contribution is 2.16. The van der Waals surface area contributed by atoms with Crippen molar-refractivity contribution >= 4 is 5.95 Å². The maximum atomic E-state index is 12.7. The number of nitrogens with zero attached hydrogens (tertiary/aromatic N) is 4. The third-order valence-corrected chi connectivity index (χ3v) is 2.14. The second kappa shape index (κ2) is 4.40. The number of aromatic nitrogens is 4. The summed E-state index contributed by atoms with van der Waals surface area (Å²) in [5, 5.41) is 0. The van der Waals surface area contributed by atoms with Crippen LogP contribution in [0, 0.1) is 5.82 Å². The van der Waals surface area contributed by atoms with Crippen molar-refractivity contribution in [3.8, 4) is 11.5 Å². The average Bonchev–Trinajstić information content (AvgIpc) is 2.29. The van der Waals surface area contributed by atoms with Crippen molar-refractivity contribution in [1.82, 2.24) is 19.9 Å². The Morgan fingerprint density at radius 3 is 2.53 bits per heavy atom. The zero-order valence-electron chi connectivity index (χ0n) is 9.55. The highest BCUT2D eigenvalue weighted by molar-refractivity contribution is 5.49. The molecule has 17 heavy (non-hydrogen) atoms. The van der Waals surface area contributed by atoms with Crippen molar-refractivity contribution in [1.29, 1.82) is 0 Å². The van der Waals surface area contributed by atoms with Gasteiger partial charge in [0.1, 0.15) is 17.3 Å². The van der Waals surface area contributed by atoms with Gasteiger partial charge in [0, 0.05) is 5.92 Å². The molecular weight excluding hydrogens is 221 g/mol. The van der Waals surface area contributed by atoms with Crippen LogP contribution in [0.5, 0.6) is 0 Å². The van der Waals surface area contributed by atoms with Crippen LogP contribution in [-0.2, 0) is 0 Å². The van der Waals surface area contributed by atoms with Crippen LogP contribution in [0.25, 0.3) is 11.5 Å². The van der Waals surface area contributed by atoms with Crippen molar-refractivity contribution in [2.45, 2.75) is 19.8 Å². The Balaban J connectivity index is 2.48. The molecule has 0 radical (unpaired) electrons. The van der Waals surface area contributed by atoms with Crippen LogP contribution in [0.1, 0.15) is 25.6 Å². The molecule has 0 saturated carbocycles. The molecule has 6 heteroatoms. The Kier molecular flexibility index (Phi) is 2.95. The van der Waals surface area contributed by atoms with Crippen LogP contribution in [0.4, 0.5) is 10.3 Å². The monoisotopic (exact) mass is 233 g/mol. The van der Waals surface area contributed by atoms with Gasteiger partial charge in [-0.05, 0) is 12.1 Å². The van der Waals surface area contributed by atoms with Crippen molar-refractivity contribution in [2.24, 2.45) is 0 Å². The van der Waals surface area contributed by atoms with Gasteiger partial charge >= 0.3 is 0 Å². The molecule has 0 atom stereocenters. The molecule has 88 valence electrons. The Bertz CT molecular complexity index is 524. The maximum Gasteiger partial charge on any atom is 0.223 e. The minimum Gasteiger partial charge on any atom is -0.368 e. The van der Waals surface area contributed by atoms with E-state index >= 15 is 0 Å². The zero-order chi connectivity index (χ0) is 12.4. The molecule has 0 aliphatic rings. The molecule has 0 aliphatic heterocycles. The van der Waals surface area contributed by atoms with Gasteiger partial charge in [-0.15, -0.1) is 0 Å². The first kappa shape index (κ1) is 11.4. The lowest BCUT2D eigenvalue weighted by molar-refractivity contribution is 0.621. The summed E-state index contributed by atoms with van der Waals surface area (Å²) in [6.45, 7) is 3.91. The molecule has 5 nitrogen and oxygen atoms in total. The molecule has 2 heterocycles. The summed E-state index contributed by atoms with van der Waals surface area (Å²) in [6.07, 6.45) is 1.12. The molecule has 2 N–H and O–H groups in total. The van der Waals surface area contributed by atoms with E-state index in [1.807, 2.05) is 13.8 Å². The molecule has 2 aromatic rings. The van der Waals surface area contributed by atoms with Gasteiger partial charge in [-0.25, -0.2) is 14.4 Å². The molecule has 0 spiro atoms. The Morgan fingerprint density at radius 1 is 1.18 bits per heavy atom. The van der Waals surface area contributed by atoms with Crippen molar-refractivity contribution in [2.75, 3.05) is 5.73 Å². The van der Waals surface area contributed by atoms with Crippen molar-refractivity contribution < 1.29 is 4.39 Å². The van der Waals surface area contributed by atoms with Crippen LogP contribution in [0.2, 0.25) is 0 Å². The minimum absolute atomic E-state index is 0.138. The normalized spacial score (nSPS) is 10.8. The van der Waals surface area contributed by atoms with Gasteiger partial charge in [0.05, 0.1) is 6.20 Å². The van der Waals surface area contributed by atoms with Gasteiger partial charge in [0.2, 0.25) is 5.95 Å². The number of halogens is 1. The second-order valence-corrected chi connectivity index (χ2v) is 3.89. The molecule has 0 aromatic carbocycles. The van der Waals surface area contributed by atoms with Crippen LogP contribution in [0.15, 0.2) is 18.3 Å². The smallest absolute Gasteiger partial charge is 0.223 e. The van der Waals surface area contributed by atoms with Gasteiger partial charge in [-0.1, -0.05) is 13.8 Å². The van der Waals surface area contributed by atoms with E-state index in [0.29, 0.717) is 17.3 Å². The lowest BCUT2D eigenvalue weighted by atomic mass is 10.2.